The molecule has 1 unspecified atom stereocenters. The van der Waals surface area contributed by atoms with Gasteiger partial charge >= 0.3 is 6.03 Å². The van der Waals surface area contributed by atoms with Crippen LogP contribution >= 0.6 is 11.6 Å². The molecule has 7 heteroatoms. The molecule has 2 aliphatic rings. The molecule has 2 N–H and O–H groups in total. The highest BCUT2D eigenvalue weighted by Gasteiger charge is 2.33. The molecule has 0 fully saturated rings. The Labute approximate surface area is 157 Å². The Morgan fingerprint density at radius 2 is 2.31 bits per heavy atom. The van der Waals surface area contributed by atoms with Gasteiger partial charge in [0.1, 0.15) is 22.9 Å². The number of anilines is 1. The van der Waals surface area contributed by atoms with Crippen molar-refractivity contribution in [3.8, 4) is 5.75 Å². The Hall–Kier alpha value is -2.21. The van der Waals surface area contributed by atoms with Crippen LogP contribution in [0, 0.1) is 5.92 Å². The molecule has 0 saturated heterocycles. The first-order valence-electron chi connectivity index (χ1n) is 8.96. The molecule has 0 aliphatic carbocycles. The number of carbonyl (C=O) groups is 1. The van der Waals surface area contributed by atoms with Crippen molar-refractivity contribution in [3.63, 3.8) is 0 Å². The van der Waals surface area contributed by atoms with Crippen LogP contribution in [0.15, 0.2) is 24.5 Å². The number of fused-ring (bicyclic) bond motifs is 2. The molecule has 0 radical (unpaired) electrons. The first-order chi connectivity index (χ1) is 12.4. The maximum Gasteiger partial charge on any atom is 0.319 e. The fourth-order valence-corrected chi connectivity index (χ4v) is 3.94. The third kappa shape index (κ3) is 3.38. The van der Waals surface area contributed by atoms with Crippen LogP contribution < -0.4 is 15.4 Å². The number of nitrogens with one attached hydrogen (secondary N) is 2. The minimum Gasteiger partial charge on any atom is -0.485 e. The van der Waals surface area contributed by atoms with Gasteiger partial charge in [-0.1, -0.05) is 17.7 Å². The maximum absolute atomic E-state index is 12.4. The molecular formula is C19H23ClN4O2. The summed E-state index contributed by atoms with van der Waals surface area (Å²) < 4.78 is 8.15. The minimum atomic E-state index is -0.287. The topological polar surface area (TPSA) is 68.2 Å². The van der Waals surface area contributed by atoms with E-state index in [0.717, 1.165) is 37.2 Å². The Bertz CT molecular complexity index is 846. The molecule has 3 heterocycles. The van der Waals surface area contributed by atoms with E-state index in [9.17, 15) is 4.79 Å². The highest BCUT2D eigenvalue weighted by Crippen LogP contribution is 2.44. The predicted molar refractivity (Wildman–Crippen MR) is 101 cm³/mol. The lowest BCUT2D eigenvalue weighted by atomic mass is 9.99. The fourth-order valence-electron chi connectivity index (χ4n) is 3.74. The zero-order valence-corrected chi connectivity index (χ0v) is 15.8. The first-order valence-corrected chi connectivity index (χ1v) is 9.34. The fraction of sp³-hybridized carbons (Fsp3) is 0.474. The summed E-state index contributed by atoms with van der Waals surface area (Å²) in [6.07, 6.45) is 6.59. The van der Waals surface area contributed by atoms with Gasteiger partial charge in [0.2, 0.25) is 0 Å². The number of ether oxygens (including phenoxy) is 1. The molecule has 0 saturated carbocycles. The number of carbonyl (C=O) groups excluding carboxylic acids is 1. The van der Waals surface area contributed by atoms with Crippen LogP contribution in [0.25, 0.3) is 0 Å². The quantitative estimate of drug-likeness (QED) is 0.861. The SMILES string of the molecule is CC1(C)Cc2ccc(Cl)c(NC(=O)NCC3CCc4nccn4C3)c2O1. The molecular weight excluding hydrogens is 352 g/mol. The monoisotopic (exact) mass is 374 g/mol. The zero-order chi connectivity index (χ0) is 18.3. The van der Waals surface area contributed by atoms with Crippen molar-refractivity contribution in [1.82, 2.24) is 14.9 Å². The van der Waals surface area contributed by atoms with Gasteiger partial charge in [-0.2, -0.15) is 0 Å². The van der Waals surface area contributed by atoms with E-state index >= 15 is 0 Å². The van der Waals surface area contributed by atoms with Crippen LogP contribution in [0.2, 0.25) is 5.02 Å². The normalized spacial score (nSPS) is 20.0. The minimum absolute atomic E-state index is 0.259. The molecule has 1 aromatic carbocycles. The number of aryl methyl sites for hydroxylation is 1. The van der Waals surface area contributed by atoms with Crippen molar-refractivity contribution in [3.05, 3.63) is 40.9 Å². The number of hydrogen-bond donors (Lipinski definition) is 2. The number of benzene rings is 1. The van der Waals surface area contributed by atoms with Gasteiger partial charge in [0.25, 0.3) is 0 Å². The van der Waals surface area contributed by atoms with E-state index < -0.39 is 0 Å². The van der Waals surface area contributed by atoms with E-state index in [-0.39, 0.29) is 11.6 Å². The second kappa shape index (κ2) is 6.50. The molecule has 2 aromatic rings. The lowest BCUT2D eigenvalue weighted by Gasteiger charge is -2.24. The number of nitrogens with zero attached hydrogens (tertiary/aromatic N) is 2. The third-order valence-electron chi connectivity index (χ3n) is 5.01. The molecule has 1 atom stereocenters. The number of halogens is 1. The van der Waals surface area contributed by atoms with E-state index in [2.05, 4.69) is 20.2 Å². The lowest BCUT2D eigenvalue weighted by Crippen LogP contribution is -2.36. The molecule has 1 aromatic heterocycles. The van der Waals surface area contributed by atoms with Crippen molar-refractivity contribution < 1.29 is 9.53 Å². The van der Waals surface area contributed by atoms with E-state index in [1.165, 1.54) is 0 Å². The number of rotatable bonds is 3. The number of urea groups is 1. The summed E-state index contributed by atoms with van der Waals surface area (Å²) in [4.78, 5) is 16.7. The first kappa shape index (κ1) is 17.2. The summed E-state index contributed by atoms with van der Waals surface area (Å²) in [6.45, 7) is 5.55. The van der Waals surface area contributed by atoms with Gasteiger partial charge in [0, 0.05) is 43.9 Å². The van der Waals surface area contributed by atoms with Crippen LogP contribution in [-0.4, -0.2) is 27.7 Å². The van der Waals surface area contributed by atoms with Gasteiger partial charge in [-0.25, -0.2) is 9.78 Å². The highest BCUT2D eigenvalue weighted by atomic mass is 35.5. The van der Waals surface area contributed by atoms with Gasteiger partial charge in [-0.15, -0.1) is 0 Å². The standard InChI is InChI=1S/C19H23ClN4O2/c1-19(2)9-13-4-5-14(20)16(17(13)26-19)23-18(25)22-10-12-3-6-15-21-7-8-24(15)11-12/h4-5,7-8,12H,3,6,9-11H2,1-2H3,(H2,22,23,25). The summed E-state index contributed by atoms with van der Waals surface area (Å²) in [6, 6.07) is 3.51. The van der Waals surface area contributed by atoms with Crippen molar-refractivity contribution in [2.45, 2.75) is 45.3 Å². The van der Waals surface area contributed by atoms with E-state index in [1.54, 1.807) is 0 Å². The van der Waals surface area contributed by atoms with Crippen molar-refractivity contribution in [2.24, 2.45) is 5.92 Å². The number of aromatic nitrogens is 2. The summed E-state index contributed by atoms with van der Waals surface area (Å²) in [7, 11) is 0. The van der Waals surface area contributed by atoms with E-state index in [4.69, 9.17) is 16.3 Å². The van der Waals surface area contributed by atoms with Gasteiger partial charge in [0.05, 0.1) is 5.02 Å². The van der Waals surface area contributed by atoms with Crippen LogP contribution in [0.1, 0.15) is 31.7 Å². The van der Waals surface area contributed by atoms with Crippen LogP contribution in [0.3, 0.4) is 0 Å². The van der Waals surface area contributed by atoms with Crippen LogP contribution in [0.5, 0.6) is 5.75 Å². The molecule has 138 valence electrons. The summed E-state index contributed by atoms with van der Waals surface area (Å²) in [5.74, 6) is 2.20. The summed E-state index contributed by atoms with van der Waals surface area (Å²) in [5, 5.41) is 6.32. The smallest absolute Gasteiger partial charge is 0.319 e. The van der Waals surface area contributed by atoms with Crippen LogP contribution in [0.4, 0.5) is 10.5 Å². The second-order valence-electron chi connectivity index (χ2n) is 7.68. The van der Waals surface area contributed by atoms with Crippen LogP contribution in [-0.2, 0) is 19.4 Å². The second-order valence-corrected chi connectivity index (χ2v) is 8.09. The molecule has 2 amide bonds. The third-order valence-corrected chi connectivity index (χ3v) is 5.32. The Kier molecular flexibility index (Phi) is 4.31. The molecule has 2 aliphatic heterocycles. The van der Waals surface area contributed by atoms with Gasteiger partial charge in [0.15, 0.2) is 0 Å². The average molecular weight is 375 g/mol. The summed E-state index contributed by atoms with van der Waals surface area (Å²) >= 11 is 6.30. The molecule has 6 nitrogen and oxygen atoms in total. The lowest BCUT2D eigenvalue weighted by molar-refractivity contribution is 0.139. The Balaban J connectivity index is 1.38. The average Bonchev–Trinajstić information content (AvgIpc) is 3.18. The van der Waals surface area contributed by atoms with Gasteiger partial charge in [-0.3, -0.25) is 0 Å². The van der Waals surface area contributed by atoms with Crippen molar-refractivity contribution in [2.75, 3.05) is 11.9 Å². The summed E-state index contributed by atoms with van der Waals surface area (Å²) in [5.41, 5.74) is 1.33. The maximum atomic E-state index is 12.4. The Morgan fingerprint density at radius 3 is 3.15 bits per heavy atom. The van der Waals surface area contributed by atoms with Gasteiger partial charge < -0.3 is 19.9 Å². The largest absolute Gasteiger partial charge is 0.485 e. The van der Waals surface area contributed by atoms with Gasteiger partial charge in [-0.05, 0) is 32.3 Å². The zero-order valence-electron chi connectivity index (χ0n) is 15.0. The number of imidazole rings is 1. The van der Waals surface area contributed by atoms with E-state index in [1.807, 2.05) is 38.4 Å². The van der Waals surface area contributed by atoms with E-state index in [0.29, 0.717) is 28.9 Å². The number of amides is 2. The molecule has 26 heavy (non-hydrogen) atoms. The number of hydrogen-bond acceptors (Lipinski definition) is 3. The van der Waals surface area contributed by atoms with Crippen molar-refractivity contribution >= 4 is 23.3 Å². The highest BCUT2D eigenvalue weighted by molar-refractivity contribution is 6.34. The Morgan fingerprint density at radius 1 is 1.46 bits per heavy atom. The van der Waals surface area contributed by atoms with Crippen molar-refractivity contribution in [1.29, 1.82) is 0 Å². The molecule has 0 bridgehead atoms. The predicted octanol–water partition coefficient (Wildman–Crippen LogP) is 3.63. The molecule has 0 spiro atoms. The molecule has 4 rings (SSSR count).